The van der Waals surface area contributed by atoms with Crippen molar-refractivity contribution in [2.45, 2.75) is 180 Å². The third kappa shape index (κ3) is 38.0. The van der Waals surface area contributed by atoms with Gasteiger partial charge in [-0.2, -0.15) is 0 Å². The lowest BCUT2D eigenvalue weighted by molar-refractivity contribution is -0.123. The summed E-state index contributed by atoms with van der Waals surface area (Å²) >= 11 is 0. The zero-order valence-electron chi connectivity index (χ0n) is 33.7. The molecule has 0 aromatic heterocycles. The maximum absolute atomic E-state index is 12.7. The summed E-state index contributed by atoms with van der Waals surface area (Å²) in [6.07, 6.45) is 50.9. The van der Waals surface area contributed by atoms with Gasteiger partial charge in [0.2, 0.25) is 5.91 Å². The maximum atomic E-state index is 12.7. The van der Waals surface area contributed by atoms with Gasteiger partial charge < -0.3 is 21.1 Å². The van der Waals surface area contributed by atoms with Gasteiger partial charge >= 0.3 is 7.82 Å². The number of hydrogen-bond donors (Lipinski definition) is 4. The summed E-state index contributed by atoms with van der Waals surface area (Å²) < 4.78 is 22.1. The van der Waals surface area contributed by atoms with Crippen molar-refractivity contribution in [3.05, 3.63) is 72.9 Å². The van der Waals surface area contributed by atoms with Crippen LogP contribution in [0.2, 0.25) is 0 Å². The lowest BCUT2D eigenvalue weighted by Gasteiger charge is -2.23. The number of nitrogens with one attached hydrogen (secondary N) is 1. The van der Waals surface area contributed by atoms with E-state index in [1.807, 2.05) is 6.08 Å². The molecule has 0 radical (unpaired) electrons. The summed E-state index contributed by atoms with van der Waals surface area (Å²) in [5.74, 6) is -0.210. The van der Waals surface area contributed by atoms with E-state index in [1.54, 1.807) is 6.08 Å². The molecule has 0 rings (SSSR count). The van der Waals surface area contributed by atoms with E-state index in [1.165, 1.54) is 64.2 Å². The summed E-state index contributed by atoms with van der Waals surface area (Å²) in [5.41, 5.74) is 5.36. The summed E-state index contributed by atoms with van der Waals surface area (Å²) in [5, 5.41) is 13.6. The topological polar surface area (TPSA) is 131 Å². The molecule has 0 heterocycles. The fourth-order valence-corrected chi connectivity index (χ4v) is 6.39. The predicted octanol–water partition coefficient (Wildman–Crippen LogP) is 11.7. The Bertz CT molecular complexity index is 1050. The van der Waals surface area contributed by atoms with Crippen molar-refractivity contribution in [3.63, 3.8) is 0 Å². The molecule has 0 fully saturated rings. The molecule has 3 unspecified atom stereocenters. The number of carbonyl (C=O) groups excluding carboxylic acids is 1. The maximum Gasteiger partial charge on any atom is 0.472 e. The van der Waals surface area contributed by atoms with Crippen molar-refractivity contribution in [1.82, 2.24) is 5.32 Å². The molecule has 0 aliphatic rings. The Kier molecular flexibility index (Phi) is 38.1. The third-order valence-electron chi connectivity index (χ3n) is 8.79. The molecule has 0 aliphatic carbocycles. The van der Waals surface area contributed by atoms with E-state index in [0.717, 1.165) is 83.5 Å². The van der Waals surface area contributed by atoms with Gasteiger partial charge in [0.25, 0.3) is 0 Å². The van der Waals surface area contributed by atoms with Crippen LogP contribution in [0, 0.1) is 0 Å². The number of rotatable bonds is 38. The number of phosphoric acid groups is 1. The van der Waals surface area contributed by atoms with Crippen LogP contribution in [0.1, 0.15) is 168 Å². The number of unbranched alkanes of at least 4 members (excludes halogenated alkanes) is 16. The SMILES string of the molecule is CC/C=C\C/C=C\C/C=C\C/C=C\C/C=C\CCCCCCCCCC(=O)NC(COP(=O)(O)OCCN)C(O)/C=C/CCCCCCCCCCC. The molecular weight excluding hydrogens is 683 g/mol. The second-order valence-electron chi connectivity index (χ2n) is 13.8. The van der Waals surface area contributed by atoms with Crippen molar-refractivity contribution in [2.75, 3.05) is 19.8 Å². The monoisotopic (exact) mass is 763 g/mol. The Morgan fingerprint density at radius 2 is 1.09 bits per heavy atom. The van der Waals surface area contributed by atoms with Gasteiger partial charge in [-0.3, -0.25) is 13.8 Å². The molecule has 0 saturated heterocycles. The molecule has 8 nitrogen and oxygen atoms in total. The second-order valence-corrected chi connectivity index (χ2v) is 15.3. The van der Waals surface area contributed by atoms with Gasteiger partial charge in [0.05, 0.1) is 25.4 Å². The molecule has 0 bridgehead atoms. The highest BCUT2D eigenvalue weighted by Crippen LogP contribution is 2.43. The van der Waals surface area contributed by atoms with Gasteiger partial charge in [0.15, 0.2) is 0 Å². The lowest BCUT2D eigenvalue weighted by Crippen LogP contribution is -2.45. The normalized spacial score (nSPS) is 14.9. The van der Waals surface area contributed by atoms with Gasteiger partial charge in [-0.25, -0.2) is 4.57 Å². The largest absolute Gasteiger partial charge is 0.472 e. The molecule has 9 heteroatoms. The molecular formula is C44H79N2O6P. The van der Waals surface area contributed by atoms with Crippen LogP contribution in [0.5, 0.6) is 0 Å². The minimum Gasteiger partial charge on any atom is -0.387 e. The Morgan fingerprint density at radius 1 is 0.642 bits per heavy atom. The molecule has 1 amide bonds. The van der Waals surface area contributed by atoms with Crippen molar-refractivity contribution in [2.24, 2.45) is 5.73 Å². The van der Waals surface area contributed by atoms with Gasteiger partial charge in [-0.1, -0.05) is 170 Å². The Hall–Kier alpha value is -2.06. The quantitative estimate of drug-likeness (QED) is 0.0280. The van der Waals surface area contributed by atoms with Crippen molar-refractivity contribution in [1.29, 1.82) is 0 Å². The summed E-state index contributed by atoms with van der Waals surface area (Å²) in [6.45, 7) is 3.98. The fraction of sp³-hybridized carbons (Fsp3) is 0.705. The number of nitrogens with two attached hydrogens (primary N) is 1. The van der Waals surface area contributed by atoms with Crippen LogP contribution in [0.25, 0.3) is 0 Å². The van der Waals surface area contributed by atoms with Crippen LogP contribution in [0.4, 0.5) is 0 Å². The molecule has 53 heavy (non-hydrogen) atoms. The van der Waals surface area contributed by atoms with E-state index in [0.29, 0.717) is 6.42 Å². The van der Waals surface area contributed by atoms with Crippen LogP contribution in [0.3, 0.4) is 0 Å². The third-order valence-corrected chi connectivity index (χ3v) is 9.77. The number of aliphatic hydroxyl groups is 1. The number of allylic oxidation sites excluding steroid dienone is 11. The first kappa shape index (κ1) is 50.9. The van der Waals surface area contributed by atoms with E-state index in [2.05, 4.69) is 79.9 Å². The van der Waals surface area contributed by atoms with E-state index in [9.17, 15) is 19.4 Å². The van der Waals surface area contributed by atoms with Crippen LogP contribution >= 0.6 is 7.82 Å². The molecule has 0 aromatic carbocycles. The first-order chi connectivity index (χ1) is 25.9. The van der Waals surface area contributed by atoms with Gasteiger partial charge in [-0.15, -0.1) is 0 Å². The summed E-state index contributed by atoms with van der Waals surface area (Å²) in [4.78, 5) is 22.7. The number of hydrogen-bond acceptors (Lipinski definition) is 6. The first-order valence-electron chi connectivity index (χ1n) is 21.1. The highest BCUT2D eigenvalue weighted by atomic mass is 31.2. The standard InChI is InChI=1S/C44H79N2O6P/c1-3-5-7-9-11-13-15-16-17-18-19-20-21-22-23-24-25-26-28-30-32-34-36-38-44(48)46-42(41-52-53(49,50)51-40-39-45)43(47)37-35-33-31-29-27-14-12-10-8-6-4-2/h5,7,11,13,16-17,19-20,22-23,35,37,42-43,47H,3-4,6,8-10,12,14-15,18,21,24-34,36,38-41,45H2,1-2H3,(H,46,48)(H,49,50)/b7-5-,13-11-,17-16-,20-19-,23-22-,37-35+. The minimum absolute atomic E-state index is 0.0728. The highest BCUT2D eigenvalue weighted by molar-refractivity contribution is 7.47. The number of phosphoric ester groups is 1. The van der Waals surface area contributed by atoms with Crippen molar-refractivity contribution in [3.8, 4) is 0 Å². The molecule has 5 N–H and O–H groups in total. The van der Waals surface area contributed by atoms with E-state index < -0.39 is 20.0 Å². The van der Waals surface area contributed by atoms with E-state index in [4.69, 9.17) is 14.8 Å². The average Bonchev–Trinajstić information content (AvgIpc) is 3.14. The molecule has 3 atom stereocenters. The number of amides is 1. The van der Waals surface area contributed by atoms with Crippen LogP contribution < -0.4 is 11.1 Å². The predicted molar refractivity (Wildman–Crippen MR) is 226 cm³/mol. The average molecular weight is 763 g/mol. The molecule has 0 aromatic rings. The first-order valence-corrected chi connectivity index (χ1v) is 22.6. The summed E-state index contributed by atoms with van der Waals surface area (Å²) in [6, 6.07) is -0.869. The summed E-state index contributed by atoms with van der Waals surface area (Å²) in [7, 11) is -4.34. The zero-order chi connectivity index (χ0) is 38.9. The zero-order valence-corrected chi connectivity index (χ0v) is 34.6. The van der Waals surface area contributed by atoms with E-state index >= 15 is 0 Å². The smallest absolute Gasteiger partial charge is 0.387 e. The van der Waals surface area contributed by atoms with E-state index in [-0.39, 0.29) is 25.7 Å². The minimum atomic E-state index is -4.34. The highest BCUT2D eigenvalue weighted by Gasteiger charge is 2.26. The molecule has 0 spiro atoms. The van der Waals surface area contributed by atoms with Gasteiger partial charge in [-0.05, 0) is 64.2 Å². The molecule has 306 valence electrons. The fourth-order valence-electron chi connectivity index (χ4n) is 5.63. The van der Waals surface area contributed by atoms with Crippen molar-refractivity contribution < 1.29 is 28.4 Å². The lowest BCUT2D eigenvalue weighted by atomic mass is 10.1. The van der Waals surface area contributed by atoms with Crippen molar-refractivity contribution >= 4 is 13.7 Å². The van der Waals surface area contributed by atoms with Gasteiger partial charge in [0.1, 0.15) is 0 Å². The Balaban J connectivity index is 4.20. The van der Waals surface area contributed by atoms with Crippen LogP contribution in [0.15, 0.2) is 72.9 Å². The molecule has 0 aliphatic heterocycles. The van der Waals surface area contributed by atoms with Gasteiger partial charge in [0, 0.05) is 13.0 Å². The van der Waals surface area contributed by atoms with Crippen LogP contribution in [-0.4, -0.2) is 47.8 Å². The Morgan fingerprint density at radius 3 is 1.60 bits per heavy atom. The van der Waals surface area contributed by atoms with Crippen LogP contribution in [-0.2, 0) is 18.4 Å². The molecule has 0 saturated carbocycles. The number of aliphatic hydroxyl groups excluding tert-OH is 1. The Labute approximate surface area is 325 Å². The number of carbonyl (C=O) groups is 1. The second kappa shape index (κ2) is 39.6.